The molecule has 0 radical (unpaired) electrons. The number of nitrogens with zero attached hydrogens (tertiary/aromatic N) is 6. The molecule has 1 aromatic carbocycles. The number of halogens is 1. The SMILES string of the molecule is Cc1cc(C)n(-c2cc(N3CCN(C(=O)COc4ccccc4F)CC3)nc(C)n2)n1. The summed E-state index contributed by atoms with van der Waals surface area (Å²) >= 11 is 0. The third-order valence-electron chi connectivity index (χ3n) is 5.18. The predicted octanol–water partition coefficient (Wildman–Crippen LogP) is 2.45. The van der Waals surface area contributed by atoms with E-state index in [1.807, 2.05) is 37.6 Å². The van der Waals surface area contributed by atoms with Gasteiger partial charge in [-0.3, -0.25) is 4.79 Å². The molecular formula is C22H25FN6O2. The number of benzene rings is 1. The molecule has 4 rings (SSSR count). The predicted molar refractivity (Wildman–Crippen MR) is 114 cm³/mol. The summed E-state index contributed by atoms with van der Waals surface area (Å²) in [5.41, 5.74) is 1.94. The maximum atomic E-state index is 13.7. The number of ether oxygens (including phenoxy) is 1. The Bertz CT molecular complexity index is 1090. The lowest BCUT2D eigenvalue weighted by Crippen LogP contribution is -2.50. The zero-order valence-corrected chi connectivity index (χ0v) is 17.9. The van der Waals surface area contributed by atoms with Crippen LogP contribution in [0.25, 0.3) is 5.82 Å². The molecule has 0 spiro atoms. The van der Waals surface area contributed by atoms with Crippen molar-refractivity contribution in [2.24, 2.45) is 0 Å². The van der Waals surface area contributed by atoms with E-state index >= 15 is 0 Å². The zero-order chi connectivity index (χ0) is 22.0. The highest BCUT2D eigenvalue weighted by Crippen LogP contribution is 2.19. The van der Waals surface area contributed by atoms with Crippen LogP contribution in [-0.4, -0.2) is 63.3 Å². The molecule has 1 aliphatic heterocycles. The molecule has 31 heavy (non-hydrogen) atoms. The van der Waals surface area contributed by atoms with Gasteiger partial charge in [-0.1, -0.05) is 12.1 Å². The Balaban J connectivity index is 1.39. The van der Waals surface area contributed by atoms with Gasteiger partial charge in [-0.25, -0.2) is 19.0 Å². The second kappa shape index (κ2) is 8.71. The summed E-state index contributed by atoms with van der Waals surface area (Å²) in [7, 11) is 0. The number of hydrogen-bond acceptors (Lipinski definition) is 6. The number of piperazine rings is 1. The van der Waals surface area contributed by atoms with Crippen LogP contribution in [0.1, 0.15) is 17.2 Å². The standard InChI is InChI=1S/C22H25FN6O2/c1-15-12-16(2)29(26-15)21-13-20(24-17(3)25-21)27-8-10-28(11-9-27)22(30)14-31-19-7-5-4-6-18(19)23/h4-7,12-13H,8-11,14H2,1-3H3. The van der Waals surface area contributed by atoms with E-state index in [4.69, 9.17) is 4.74 Å². The van der Waals surface area contributed by atoms with Crippen LogP contribution in [-0.2, 0) is 4.79 Å². The largest absolute Gasteiger partial charge is 0.481 e. The van der Waals surface area contributed by atoms with E-state index in [1.54, 1.807) is 17.0 Å². The Morgan fingerprint density at radius 1 is 1.03 bits per heavy atom. The fraction of sp³-hybridized carbons (Fsp3) is 0.364. The van der Waals surface area contributed by atoms with Gasteiger partial charge in [-0.05, 0) is 39.0 Å². The first-order chi connectivity index (χ1) is 14.9. The molecule has 3 heterocycles. The van der Waals surface area contributed by atoms with Gasteiger partial charge in [0.1, 0.15) is 11.6 Å². The van der Waals surface area contributed by atoms with Crippen molar-refractivity contribution in [3.05, 3.63) is 59.4 Å². The van der Waals surface area contributed by atoms with E-state index in [9.17, 15) is 9.18 Å². The van der Waals surface area contributed by atoms with E-state index in [1.165, 1.54) is 12.1 Å². The lowest BCUT2D eigenvalue weighted by molar-refractivity contribution is -0.133. The second-order valence-electron chi connectivity index (χ2n) is 7.56. The molecule has 9 heteroatoms. The van der Waals surface area contributed by atoms with E-state index in [2.05, 4.69) is 20.0 Å². The summed E-state index contributed by atoms with van der Waals surface area (Å²) < 4.78 is 20.8. The van der Waals surface area contributed by atoms with Gasteiger partial charge in [0.25, 0.3) is 5.91 Å². The minimum Gasteiger partial charge on any atom is -0.481 e. The summed E-state index contributed by atoms with van der Waals surface area (Å²) in [6.45, 7) is 7.97. The zero-order valence-electron chi connectivity index (χ0n) is 17.9. The minimum absolute atomic E-state index is 0.0858. The van der Waals surface area contributed by atoms with E-state index < -0.39 is 5.82 Å². The molecule has 1 amide bonds. The summed E-state index contributed by atoms with van der Waals surface area (Å²) in [6.07, 6.45) is 0. The Labute approximate surface area is 180 Å². The molecule has 1 aliphatic rings. The first-order valence-electron chi connectivity index (χ1n) is 10.2. The molecule has 0 atom stereocenters. The van der Waals surface area contributed by atoms with Gasteiger partial charge in [0, 0.05) is 37.9 Å². The van der Waals surface area contributed by atoms with Crippen molar-refractivity contribution in [1.82, 2.24) is 24.6 Å². The topological polar surface area (TPSA) is 76.4 Å². The molecule has 3 aromatic rings. The number of carbonyl (C=O) groups excluding carboxylic acids is 1. The van der Waals surface area contributed by atoms with Crippen molar-refractivity contribution in [3.63, 3.8) is 0 Å². The molecule has 0 saturated carbocycles. The lowest BCUT2D eigenvalue weighted by atomic mass is 10.3. The molecule has 8 nitrogen and oxygen atoms in total. The molecule has 0 bridgehead atoms. The van der Waals surface area contributed by atoms with Crippen LogP contribution < -0.4 is 9.64 Å². The van der Waals surface area contributed by atoms with Gasteiger partial charge in [-0.2, -0.15) is 5.10 Å². The van der Waals surface area contributed by atoms with E-state index in [0.717, 1.165) is 23.0 Å². The second-order valence-corrected chi connectivity index (χ2v) is 7.56. The van der Waals surface area contributed by atoms with Gasteiger partial charge in [0.15, 0.2) is 24.0 Å². The van der Waals surface area contributed by atoms with Gasteiger partial charge in [0.2, 0.25) is 0 Å². The third kappa shape index (κ3) is 4.65. The summed E-state index contributed by atoms with van der Waals surface area (Å²) in [4.78, 5) is 25.4. The van der Waals surface area contributed by atoms with Crippen molar-refractivity contribution >= 4 is 11.7 Å². The van der Waals surface area contributed by atoms with Crippen LogP contribution >= 0.6 is 0 Å². The van der Waals surface area contributed by atoms with E-state index in [-0.39, 0.29) is 18.3 Å². The van der Waals surface area contributed by atoms with Crippen molar-refractivity contribution in [2.75, 3.05) is 37.7 Å². The molecule has 2 aromatic heterocycles. The number of para-hydroxylation sites is 1. The number of aryl methyl sites for hydroxylation is 3. The molecule has 1 fully saturated rings. The van der Waals surface area contributed by atoms with Crippen molar-refractivity contribution in [2.45, 2.75) is 20.8 Å². The molecular weight excluding hydrogens is 399 g/mol. The summed E-state index contributed by atoms with van der Waals surface area (Å²) in [5.74, 6) is 1.65. The van der Waals surface area contributed by atoms with Crippen LogP contribution in [0, 0.1) is 26.6 Å². The third-order valence-corrected chi connectivity index (χ3v) is 5.18. The smallest absolute Gasteiger partial charge is 0.260 e. The average Bonchev–Trinajstić information content (AvgIpc) is 3.10. The van der Waals surface area contributed by atoms with Gasteiger partial charge in [-0.15, -0.1) is 0 Å². The number of rotatable bonds is 5. The monoisotopic (exact) mass is 424 g/mol. The maximum absolute atomic E-state index is 13.7. The number of hydrogen-bond donors (Lipinski definition) is 0. The van der Waals surface area contributed by atoms with Crippen LogP contribution in [0.3, 0.4) is 0 Å². The molecule has 0 N–H and O–H groups in total. The lowest BCUT2D eigenvalue weighted by Gasteiger charge is -2.35. The highest BCUT2D eigenvalue weighted by atomic mass is 19.1. The fourth-order valence-electron chi connectivity index (χ4n) is 3.65. The normalized spacial score (nSPS) is 14.1. The molecule has 0 unspecified atom stereocenters. The van der Waals surface area contributed by atoms with Crippen LogP contribution in [0.2, 0.25) is 0 Å². The number of anilines is 1. The molecule has 1 saturated heterocycles. The molecule has 0 aliphatic carbocycles. The van der Waals surface area contributed by atoms with Crippen molar-refractivity contribution in [3.8, 4) is 11.6 Å². The van der Waals surface area contributed by atoms with E-state index in [0.29, 0.717) is 32.0 Å². The fourth-order valence-corrected chi connectivity index (χ4v) is 3.65. The van der Waals surface area contributed by atoms with Gasteiger partial charge in [0.05, 0.1) is 5.69 Å². The molecule has 162 valence electrons. The Morgan fingerprint density at radius 3 is 2.42 bits per heavy atom. The number of carbonyl (C=O) groups is 1. The van der Waals surface area contributed by atoms with Crippen molar-refractivity contribution in [1.29, 1.82) is 0 Å². The minimum atomic E-state index is -0.474. The average molecular weight is 424 g/mol. The maximum Gasteiger partial charge on any atom is 0.260 e. The number of aromatic nitrogens is 4. The van der Waals surface area contributed by atoms with Crippen LogP contribution in [0.15, 0.2) is 36.4 Å². The number of amides is 1. The quantitative estimate of drug-likeness (QED) is 0.626. The highest BCUT2D eigenvalue weighted by molar-refractivity contribution is 5.78. The first kappa shape index (κ1) is 20.8. The van der Waals surface area contributed by atoms with Crippen LogP contribution in [0.4, 0.5) is 10.2 Å². The summed E-state index contributed by atoms with van der Waals surface area (Å²) in [5, 5.41) is 4.51. The highest BCUT2D eigenvalue weighted by Gasteiger charge is 2.23. The van der Waals surface area contributed by atoms with Crippen LogP contribution in [0.5, 0.6) is 5.75 Å². The van der Waals surface area contributed by atoms with Gasteiger partial charge >= 0.3 is 0 Å². The van der Waals surface area contributed by atoms with Gasteiger partial charge < -0.3 is 14.5 Å². The summed E-state index contributed by atoms with van der Waals surface area (Å²) in [6, 6.07) is 10.0. The Hall–Kier alpha value is -3.49. The Kier molecular flexibility index (Phi) is 5.83. The Morgan fingerprint density at radius 2 is 1.74 bits per heavy atom. The first-order valence-corrected chi connectivity index (χ1v) is 10.2. The van der Waals surface area contributed by atoms with Crippen molar-refractivity contribution < 1.29 is 13.9 Å².